The molecule has 19 heavy (non-hydrogen) atoms. The molecule has 2 aromatic carbocycles. The van der Waals surface area contributed by atoms with Crippen molar-refractivity contribution >= 4 is 33.4 Å². The zero-order valence-corrected chi connectivity index (χ0v) is 11.4. The summed E-state index contributed by atoms with van der Waals surface area (Å²) < 4.78 is 10.4. The van der Waals surface area contributed by atoms with E-state index in [9.17, 15) is 0 Å². The lowest BCUT2D eigenvalue weighted by Gasteiger charge is -2.08. The fraction of sp³-hybridized carbons (Fsp3) is 0.133. The Kier molecular flexibility index (Phi) is 2.91. The highest BCUT2D eigenvalue weighted by atomic mass is 35.5. The van der Waals surface area contributed by atoms with E-state index in [1.807, 2.05) is 36.4 Å². The van der Waals surface area contributed by atoms with Crippen LogP contribution in [0.1, 0.15) is 0 Å². The Morgan fingerprint density at radius 1 is 0.842 bits per heavy atom. The first kappa shape index (κ1) is 12.1. The van der Waals surface area contributed by atoms with Crippen molar-refractivity contribution in [3.8, 4) is 11.5 Å². The molecule has 0 bridgehead atoms. The number of aromatic nitrogens is 1. The summed E-state index contributed by atoms with van der Waals surface area (Å²) >= 11 is 6.44. The van der Waals surface area contributed by atoms with Gasteiger partial charge in [-0.3, -0.25) is 0 Å². The van der Waals surface area contributed by atoms with E-state index in [1.54, 1.807) is 14.2 Å². The predicted molar refractivity (Wildman–Crippen MR) is 77.4 cm³/mol. The van der Waals surface area contributed by atoms with Gasteiger partial charge >= 0.3 is 0 Å². The maximum absolute atomic E-state index is 6.44. The quantitative estimate of drug-likeness (QED) is 0.660. The second-order valence-electron chi connectivity index (χ2n) is 4.19. The average Bonchev–Trinajstić information content (AvgIpc) is 2.46. The zero-order valence-electron chi connectivity index (χ0n) is 10.6. The number of benzene rings is 2. The first-order valence-electron chi connectivity index (χ1n) is 5.84. The van der Waals surface area contributed by atoms with Gasteiger partial charge in [-0.05, 0) is 24.3 Å². The molecule has 0 aliphatic heterocycles. The molecular formula is C15H12ClNO2. The second-order valence-corrected chi connectivity index (χ2v) is 4.57. The largest absolute Gasteiger partial charge is 0.497 e. The van der Waals surface area contributed by atoms with Gasteiger partial charge in [0.25, 0.3) is 0 Å². The van der Waals surface area contributed by atoms with E-state index < -0.39 is 0 Å². The Labute approximate surface area is 115 Å². The Morgan fingerprint density at radius 2 is 1.32 bits per heavy atom. The van der Waals surface area contributed by atoms with Crippen LogP contribution < -0.4 is 9.47 Å². The molecule has 0 radical (unpaired) electrons. The van der Waals surface area contributed by atoms with Gasteiger partial charge in [0, 0.05) is 22.9 Å². The molecule has 0 saturated heterocycles. The number of rotatable bonds is 2. The molecule has 0 N–H and O–H groups in total. The first-order chi connectivity index (χ1) is 9.22. The summed E-state index contributed by atoms with van der Waals surface area (Å²) in [4.78, 5) is 4.61. The van der Waals surface area contributed by atoms with Crippen molar-refractivity contribution in [2.45, 2.75) is 0 Å². The monoisotopic (exact) mass is 273 g/mol. The lowest BCUT2D eigenvalue weighted by Crippen LogP contribution is -1.89. The number of hydrogen-bond acceptors (Lipinski definition) is 3. The van der Waals surface area contributed by atoms with E-state index in [2.05, 4.69) is 4.98 Å². The standard InChI is InChI=1S/C15H12ClNO2/c1-18-9-3-5-11-13(7-9)17-14-8-10(19-2)4-6-12(14)15(11)16/h3-8H,1-2H3. The van der Waals surface area contributed by atoms with Crippen molar-refractivity contribution in [3.05, 3.63) is 41.4 Å². The van der Waals surface area contributed by atoms with E-state index in [-0.39, 0.29) is 0 Å². The van der Waals surface area contributed by atoms with E-state index in [0.29, 0.717) is 5.02 Å². The number of hydrogen-bond donors (Lipinski definition) is 0. The molecule has 0 saturated carbocycles. The predicted octanol–water partition coefficient (Wildman–Crippen LogP) is 4.06. The third kappa shape index (κ3) is 1.96. The van der Waals surface area contributed by atoms with E-state index >= 15 is 0 Å². The van der Waals surface area contributed by atoms with E-state index in [0.717, 1.165) is 33.3 Å². The zero-order chi connectivity index (χ0) is 13.4. The number of pyridine rings is 1. The molecule has 0 aliphatic carbocycles. The fourth-order valence-corrected chi connectivity index (χ4v) is 2.43. The van der Waals surface area contributed by atoms with Crippen LogP contribution in [0.5, 0.6) is 11.5 Å². The summed E-state index contributed by atoms with van der Waals surface area (Å²) in [5, 5.41) is 2.53. The summed E-state index contributed by atoms with van der Waals surface area (Å²) in [5.74, 6) is 1.52. The van der Waals surface area contributed by atoms with Crippen LogP contribution in [0.25, 0.3) is 21.8 Å². The van der Waals surface area contributed by atoms with Gasteiger partial charge in [-0.25, -0.2) is 4.98 Å². The number of ether oxygens (including phenoxy) is 2. The normalized spacial score (nSPS) is 10.9. The van der Waals surface area contributed by atoms with Gasteiger partial charge in [-0.1, -0.05) is 11.6 Å². The Hall–Kier alpha value is -2.00. The van der Waals surface area contributed by atoms with Crippen LogP contribution in [0.4, 0.5) is 0 Å². The van der Waals surface area contributed by atoms with E-state index in [4.69, 9.17) is 21.1 Å². The highest BCUT2D eigenvalue weighted by Gasteiger charge is 2.09. The number of nitrogens with zero attached hydrogens (tertiary/aromatic N) is 1. The molecule has 1 aromatic heterocycles. The van der Waals surface area contributed by atoms with Gasteiger partial charge < -0.3 is 9.47 Å². The molecule has 0 spiro atoms. The average molecular weight is 274 g/mol. The molecule has 96 valence electrons. The Morgan fingerprint density at radius 3 is 1.74 bits per heavy atom. The second kappa shape index (κ2) is 4.59. The summed E-state index contributed by atoms with van der Waals surface area (Å²) in [6.07, 6.45) is 0. The highest BCUT2D eigenvalue weighted by molar-refractivity contribution is 6.40. The lowest BCUT2D eigenvalue weighted by molar-refractivity contribution is 0.415. The van der Waals surface area contributed by atoms with Gasteiger partial charge in [0.05, 0.1) is 30.3 Å². The SMILES string of the molecule is COc1ccc2c(Cl)c3ccc(OC)cc3nc2c1. The summed E-state index contributed by atoms with van der Waals surface area (Å²) in [6, 6.07) is 11.4. The minimum Gasteiger partial charge on any atom is -0.497 e. The fourth-order valence-electron chi connectivity index (χ4n) is 2.11. The van der Waals surface area contributed by atoms with Gasteiger partial charge in [0.2, 0.25) is 0 Å². The molecule has 0 fully saturated rings. The van der Waals surface area contributed by atoms with Crippen molar-refractivity contribution in [2.75, 3.05) is 14.2 Å². The van der Waals surface area contributed by atoms with Crippen LogP contribution in [0.3, 0.4) is 0 Å². The number of halogens is 1. The maximum atomic E-state index is 6.44. The van der Waals surface area contributed by atoms with Gasteiger partial charge in [0.15, 0.2) is 0 Å². The minimum absolute atomic E-state index is 0.699. The third-order valence-electron chi connectivity index (χ3n) is 3.12. The highest BCUT2D eigenvalue weighted by Crippen LogP contribution is 2.33. The van der Waals surface area contributed by atoms with Crippen molar-refractivity contribution in [2.24, 2.45) is 0 Å². The Bertz CT molecular complexity index is 709. The number of methoxy groups -OCH3 is 2. The molecule has 0 unspecified atom stereocenters. The maximum Gasteiger partial charge on any atom is 0.121 e. The van der Waals surface area contributed by atoms with Crippen LogP contribution in [0, 0.1) is 0 Å². The van der Waals surface area contributed by atoms with Crippen LogP contribution >= 0.6 is 11.6 Å². The summed E-state index contributed by atoms with van der Waals surface area (Å²) in [6.45, 7) is 0. The van der Waals surface area contributed by atoms with Crippen LogP contribution in [-0.4, -0.2) is 19.2 Å². The molecule has 4 heteroatoms. The molecule has 1 heterocycles. The van der Waals surface area contributed by atoms with Gasteiger partial charge in [-0.2, -0.15) is 0 Å². The smallest absolute Gasteiger partial charge is 0.121 e. The van der Waals surface area contributed by atoms with Crippen molar-refractivity contribution in [1.29, 1.82) is 0 Å². The molecule has 0 atom stereocenters. The topological polar surface area (TPSA) is 31.4 Å². The molecule has 3 aromatic rings. The van der Waals surface area contributed by atoms with E-state index in [1.165, 1.54) is 0 Å². The molecule has 0 aliphatic rings. The molecule has 3 nitrogen and oxygen atoms in total. The lowest BCUT2D eigenvalue weighted by atomic mass is 10.1. The summed E-state index contributed by atoms with van der Waals surface area (Å²) in [7, 11) is 3.26. The van der Waals surface area contributed by atoms with Crippen molar-refractivity contribution < 1.29 is 9.47 Å². The Balaban J connectivity index is 2.38. The molecule has 3 rings (SSSR count). The number of fused-ring (bicyclic) bond motifs is 2. The van der Waals surface area contributed by atoms with Crippen molar-refractivity contribution in [3.63, 3.8) is 0 Å². The van der Waals surface area contributed by atoms with Crippen molar-refractivity contribution in [1.82, 2.24) is 4.98 Å². The first-order valence-corrected chi connectivity index (χ1v) is 6.21. The van der Waals surface area contributed by atoms with Crippen LogP contribution in [-0.2, 0) is 0 Å². The van der Waals surface area contributed by atoms with Gasteiger partial charge in [-0.15, -0.1) is 0 Å². The van der Waals surface area contributed by atoms with Gasteiger partial charge in [0.1, 0.15) is 11.5 Å². The van der Waals surface area contributed by atoms with Crippen LogP contribution in [0.2, 0.25) is 5.02 Å². The molecular weight excluding hydrogens is 262 g/mol. The third-order valence-corrected chi connectivity index (χ3v) is 3.53. The van der Waals surface area contributed by atoms with Crippen LogP contribution in [0.15, 0.2) is 36.4 Å². The summed E-state index contributed by atoms with van der Waals surface area (Å²) in [5.41, 5.74) is 1.62. The minimum atomic E-state index is 0.699. The molecule has 0 amide bonds.